The van der Waals surface area contributed by atoms with Gasteiger partial charge in [-0.3, -0.25) is 9.59 Å². The molecule has 9 heteroatoms. The summed E-state index contributed by atoms with van der Waals surface area (Å²) in [5.41, 5.74) is 0. The zero-order chi connectivity index (χ0) is 17.4. The molecule has 1 amide bonds. The number of amides is 1. The largest absolute Gasteiger partial charge is 0.492 e. The number of ether oxygens (including phenoxy) is 1. The highest BCUT2D eigenvalue weighted by Crippen LogP contribution is 2.27. The van der Waals surface area contributed by atoms with Gasteiger partial charge in [-0.2, -0.15) is 0 Å². The Balaban J connectivity index is 2.35. The first kappa shape index (κ1) is 19.1. The van der Waals surface area contributed by atoms with Crippen LogP contribution >= 0.6 is 23.2 Å². The summed E-state index contributed by atoms with van der Waals surface area (Å²) in [6.45, 7) is 0.186. The zero-order valence-electron chi connectivity index (χ0n) is 11.9. The van der Waals surface area contributed by atoms with E-state index in [4.69, 9.17) is 38.2 Å². The van der Waals surface area contributed by atoms with Gasteiger partial charge in [0.1, 0.15) is 11.8 Å². The molecule has 1 rings (SSSR count). The predicted molar refractivity (Wildman–Crippen MR) is 83.0 cm³/mol. The normalized spacial score (nSPS) is 11.6. The molecule has 0 saturated carbocycles. The summed E-state index contributed by atoms with van der Waals surface area (Å²) in [4.78, 5) is 32.9. The molecule has 0 saturated heterocycles. The van der Waals surface area contributed by atoms with Gasteiger partial charge in [0.25, 0.3) is 0 Å². The highest BCUT2D eigenvalue weighted by molar-refractivity contribution is 6.35. The molecule has 0 aliphatic heterocycles. The van der Waals surface area contributed by atoms with Crippen molar-refractivity contribution in [1.82, 2.24) is 5.32 Å². The Morgan fingerprint density at radius 1 is 1.22 bits per heavy atom. The standard InChI is InChI=1S/C14H15Cl2NO6/c15-8-3-4-11(9(16)6-8)23-5-1-2-12(18)17-10(14(21)22)7-13(19)20/h3-4,6,10H,1-2,5,7H2,(H,17,18)(H,19,20)(H,21,22). The first-order valence-electron chi connectivity index (χ1n) is 6.61. The number of carboxylic acid groups (broad SMARTS) is 2. The van der Waals surface area contributed by atoms with Crippen LogP contribution in [0.15, 0.2) is 18.2 Å². The summed E-state index contributed by atoms with van der Waals surface area (Å²) in [5, 5.41) is 20.4. The molecule has 1 unspecified atom stereocenters. The summed E-state index contributed by atoms with van der Waals surface area (Å²) in [6.07, 6.45) is -0.378. The number of nitrogens with one attached hydrogen (secondary N) is 1. The summed E-state index contributed by atoms with van der Waals surface area (Å²) in [5.74, 6) is -2.85. The number of carboxylic acids is 2. The van der Waals surface area contributed by atoms with E-state index in [1.54, 1.807) is 12.1 Å². The number of carbonyl (C=O) groups is 3. The van der Waals surface area contributed by atoms with E-state index in [2.05, 4.69) is 5.32 Å². The topological polar surface area (TPSA) is 113 Å². The molecule has 0 aliphatic rings. The second-order valence-corrected chi connectivity index (χ2v) is 5.43. The monoisotopic (exact) mass is 363 g/mol. The third kappa shape index (κ3) is 7.21. The number of benzene rings is 1. The second-order valence-electron chi connectivity index (χ2n) is 4.58. The second kappa shape index (κ2) is 9.22. The molecule has 1 atom stereocenters. The molecular formula is C14H15Cl2NO6. The molecule has 0 bridgehead atoms. The minimum atomic E-state index is -1.45. The molecule has 0 aliphatic carbocycles. The number of halogens is 2. The van der Waals surface area contributed by atoms with E-state index in [0.717, 1.165) is 0 Å². The van der Waals surface area contributed by atoms with Gasteiger partial charge in [0.05, 0.1) is 18.1 Å². The number of carbonyl (C=O) groups excluding carboxylic acids is 1. The van der Waals surface area contributed by atoms with Crippen molar-refractivity contribution in [3.63, 3.8) is 0 Å². The highest BCUT2D eigenvalue weighted by Gasteiger charge is 2.22. The molecule has 0 aromatic heterocycles. The van der Waals surface area contributed by atoms with Crippen LogP contribution in [0.1, 0.15) is 19.3 Å². The lowest BCUT2D eigenvalue weighted by Crippen LogP contribution is -2.42. The van der Waals surface area contributed by atoms with Crippen molar-refractivity contribution in [2.24, 2.45) is 0 Å². The highest BCUT2D eigenvalue weighted by atomic mass is 35.5. The van der Waals surface area contributed by atoms with Crippen molar-refractivity contribution in [2.45, 2.75) is 25.3 Å². The Bertz CT molecular complexity index is 593. The fraction of sp³-hybridized carbons (Fsp3) is 0.357. The first-order valence-corrected chi connectivity index (χ1v) is 7.37. The minimum Gasteiger partial charge on any atom is -0.492 e. The van der Waals surface area contributed by atoms with Crippen LogP contribution in [-0.4, -0.2) is 40.7 Å². The summed E-state index contributed by atoms with van der Waals surface area (Å²) in [7, 11) is 0. The van der Waals surface area contributed by atoms with Gasteiger partial charge in [-0.1, -0.05) is 23.2 Å². The smallest absolute Gasteiger partial charge is 0.326 e. The Morgan fingerprint density at radius 2 is 1.91 bits per heavy atom. The quantitative estimate of drug-likeness (QED) is 0.579. The average molecular weight is 364 g/mol. The maximum atomic E-state index is 11.6. The van der Waals surface area contributed by atoms with E-state index >= 15 is 0 Å². The minimum absolute atomic E-state index is 0.00535. The van der Waals surface area contributed by atoms with Gasteiger partial charge in [0.2, 0.25) is 5.91 Å². The van der Waals surface area contributed by atoms with Crippen molar-refractivity contribution >= 4 is 41.0 Å². The molecule has 0 radical (unpaired) electrons. The van der Waals surface area contributed by atoms with E-state index < -0.39 is 30.3 Å². The van der Waals surface area contributed by atoms with Crippen LogP contribution in [0.2, 0.25) is 10.0 Å². The molecule has 0 spiro atoms. The van der Waals surface area contributed by atoms with Gasteiger partial charge in [0.15, 0.2) is 0 Å². The van der Waals surface area contributed by atoms with Crippen LogP contribution in [0.4, 0.5) is 0 Å². The van der Waals surface area contributed by atoms with Crippen LogP contribution in [0.25, 0.3) is 0 Å². The van der Waals surface area contributed by atoms with Crippen molar-refractivity contribution in [3.05, 3.63) is 28.2 Å². The lowest BCUT2D eigenvalue weighted by molar-refractivity contribution is -0.147. The fourth-order valence-electron chi connectivity index (χ4n) is 1.65. The van der Waals surface area contributed by atoms with Crippen LogP contribution < -0.4 is 10.1 Å². The summed E-state index contributed by atoms with van der Waals surface area (Å²) >= 11 is 11.7. The molecule has 1 aromatic rings. The van der Waals surface area contributed by atoms with E-state index in [0.29, 0.717) is 22.2 Å². The Morgan fingerprint density at radius 3 is 2.48 bits per heavy atom. The number of aliphatic carboxylic acids is 2. The van der Waals surface area contributed by atoms with Crippen molar-refractivity contribution in [2.75, 3.05) is 6.61 Å². The van der Waals surface area contributed by atoms with Gasteiger partial charge in [-0.05, 0) is 24.6 Å². The van der Waals surface area contributed by atoms with E-state index in [-0.39, 0.29) is 13.0 Å². The molecule has 0 heterocycles. The molecule has 3 N–H and O–H groups in total. The fourth-order valence-corrected chi connectivity index (χ4v) is 2.11. The van der Waals surface area contributed by atoms with Gasteiger partial charge in [-0.25, -0.2) is 4.79 Å². The van der Waals surface area contributed by atoms with Crippen LogP contribution in [0.5, 0.6) is 5.75 Å². The van der Waals surface area contributed by atoms with Crippen molar-refractivity contribution < 1.29 is 29.3 Å². The summed E-state index contributed by atoms with van der Waals surface area (Å²) < 4.78 is 5.38. The molecule has 23 heavy (non-hydrogen) atoms. The molecular weight excluding hydrogens is 349 g/mol. The predicted octanol–water partition coefficient (Wildman–Crippen LogP) is 2.20. The van der Waals surface area contributed by atoms with E-state index in [1.807, 2.05) is 0 Å². The summed E-state index contributed by atoms with van der Waals surface area (Å²) in [6, 6.07) is 3.28. The average Bonchev–Trinajstić information content (AvgIpc) is 2.44. The van der Waals surface area contributed by atoms with Crippen LogP contribution in [0.3, 0.4) is 0 Å². The third-order valence-corrected chi connectivity index (χ3v) is 3.24. The van der Waals surface area contributed by atoms with Gasteiger partial charge in [0, 0.05) is 11.4 Å². The molecule has 1 aromatic carbocycles. The Hall–Kier alpha value is -1.99. The van der Waals surface area contributed by atoms with Crippen LogP contribution in [0, 0.1) is 0 Å². The maximum absolute atomic E-state index is 11.6. The Labute approximate surface area is 142 Å². The van der Waals surface area contributed by atoms with Gasteiger partial charge < -0.3 is 20.3 Å². The SMILES string of the molecule is O=C(O)CC(NC(=O)CCCOc1ccc(Cl)cc1Cl)C(=O)O. The number of hydrogen-bond acceptors (Lipinski definition) is 4. The zero-order valence-corrected chi connectivity index (χ0v) is 13.4. The first-order chi connectivity index (χ1) is 10.8. The number of rotatable bonds is 9. The Kier molecular flexibility index (Phi) is 7.64. The van der Waals surface area contributed by atoms with Crippen LogP contribution in [-0.2, 0) is 14.4 Å². The number of hydrogen-bond donors (Lipinski definition) is 3. The third-order valence-electron chi connectivity index (χ3n) is 2.71. The van der Waals surface area contributed by atoms with E-state index in [1.165, 1.54) is 6.07 Å². The lowest BCUT2D eigenvalue weighted by atomic mass is 10.2. The van der Waals surface area contributed by atoms with Crippen molar-refractivity contribution in [1.29, 1.82) is 0 Å². The van der Waals surface area contributed by atoms with Crippen molar-refractivity contribution in [3.8, 4) is 5.75 Å². The van der Waals surface area contributed by atoms with E-state index in [9.17, 15) is 14.4 Å². The molecule has 7 nitrogen and oxygen atoms in total. The lowest BCUT2D eigenvalue weighted by Gasteiger charge is -2.12. The van der Waals surface area contributed by atoms with Gasteiger partial charge in [-0.15, -0.1) is 0 Å². The molecule has 0 fully saturated rings. The maximum Gasteiger partial charge on any atom is 0.326 e. The molecule has 126 valence electrons. The van der Waals surface area contributed by atoms with Gasteiger partial charge >= 0.3 is 11.9 Å².